The number of phenols is 1. The first kappa shape index (κ1) is 15.7. The molecule has 0 aliphatic carbocycles. The Morgan fingerprint density at radius 1 is 1.30 bits per heavy atom. The smallest absolute Gasteiger partial charge is 0.165 e. The van der Waals surface area contributed by atoms with Crippen molar-refractivity contribution < 1.29 is 13.5 Å². The van der Waals surface area contributed by atoms with Crippen molar-refractivity contribution in [2.45, 2.75) is 13.3 Å². The molecule has 1 aliphatic rings. The second-order valence-electron chi connectivity index (χ2n) is 5.89. The third-order valence-electron chi connectivity index (χ3n) is 3.90. The molecule has 2 N–H and O–H groups in total. The van der Waals surface area contributed by atoms with Crippen molar-refractivity contribution in [1.82, 2.24) is 9.97 Å². The number of hydrogen-bond donors (Lipinski definition) is 2. The summed E-state index contributed by atoms with van der Waals surface area (Å²) >= 11 is 0. The third-order valence-corrected chi connectivity index (χ3v) is 5.73. The summed E-state index contributed by atoms with van der Waals surface area (Å²) in [5.41, 5.74) is 1.35. The van der Waals surface area contributed by atoms with E-state index in [2.05, 4.69) is 15.3 Å². The van der Waals surface area contributed by atoms with Crippen LogP contribution in [0.4, 0.5) is 5.82 Å². The van der Waals surface area contributed by atoms with Crippen LogP contribution in [0.15, 0.2) is 30.3 Å². The van der Waals surface area contributed by atoms with Crippen molar-refractivity contribution in [2.24, 2.45) is 5.92 Å². The quantitative estimate of drug-likeness (QED) is 0.889. The molecule has 1 saturated heterocycles. The van der Waals surface area contributed by atoms with Crippen molar-refractivity contribution in [3.05, 3.63) is 36.0 Å². The van der Waals surface area contributed by atoms with Crippen LogP contribution in [0.5, 0.6) is 5.75 Å². The number of anilines is 1. The highest BCUT2D eigenvalue weighted by Crippen LogP contribution is 2.27. The van der Waals surface area contributed by atoms with Gasteiger partial charge in [0.15, 0.2) is 15.7 Å². The molecule has 122 valence electrons. The number of aromatic hydroxyl groups is 1. The Balaban J connectivity index is 1.77. The van der Waals surface area contributed by atoms with E-state index < -0.39 is 9.84 Å². The van der Waals surface area contributed by atoms with Gasteiger partial charge in [-0.05, 0) is 31.4 Å². The van der Waals surface area contributed by atoms with Gasteiger partial charge in [0.1, 0.15) is 11.6 Å². The number of aromatic nitrogens is 2. The van der Waals surface area contributed by atoms with Crippen LogP contribution in [0.1, 0.15) is 12.1 Å². The van der Waals surface area contributed by atoms with Crippen LogP contribution in [0.2, 0.25) is 0 Å². The minimum atomic E-state index is -2.87. The van der Waals surface area contributed by atoms with Crippen LogP contribution in [-0.4, -0.2) is 41.5 Å². The predicted molar refractivity (Wildman–Crippen MR) is 89.1 cm³/mol. The Hall–Kier alpha value is -2.15. The first-order valence-corrected chi connectivity index (χ1v) is 9.33. The summed E-state index contributed by atoms with van der Waals surface area (Å²) in [4.78, 5) is 8.79. The van der Waals surface area contributed by atoms with E-state index in [0.717, 1.165) is 5.69 Å². The zero-order valence-electron chi connectivity index (χ0n) is 12.9. The molecular weight excluding hydrogens is 314 g/mol. The van der Waals surface area contributed by atoms with Gasteiger partial charge in [0, 0.05) is 18.3 Å². The molecule has 0 radical (unpaired) electrons. The second-order valence-corrected chi connectivity index (χ2v) is 8.11. The molecule has 1 aromatic carbocycles. The Morgan fingerprint density at radius 2 is 2.09 bits per heavy atom. The Labute approximate surface area is 135 Å². The molecule has 1 atom stereocenters. The zero-order valence-corrected chi connectivity index (χ0v) is 13.7. The molecule has 3 rings (SSSR count). The van der Waals surface area contributed by atoms with Crippen molar-refractivity contribution >= 4 is 15.7 Å². The predicted octanol–water partition coefficient (Wildman–Crippen LogP) is 2.00. The maximum absolute atomic E-state index is 11.5. The Kier molecular flexibility index (Phi) is 4.21. The summed E-state index contributed by atoms with van der Waals surface area (Å²) in [5, 5.41) is 13.1. The highest BCUT2D eigenvalue weighted by Gasteiger charge is 2.27. The standard InChI is InChI=1S/C16H19N3O3S/c1-11-8-15(17-9-12-6-7-23(21,22)10-12)19-16(18-11)13-4-2-3-5-14(13)20/h2-5,8,12,20H,6-7,9-10H2,1H3,(H,17,18,19)/t12-/m0/s1. The van der Waals surface area contributed by atoms with Gasteiger partial charge in [-0.3, -0.25) is 0 Å². The van der Waals surface area contributed by atoms with Crippen LogP contribution in [0.25, 0.3) is 11.4 Å². The third kappa shape index (κ3) is 3.79. The fraction of sp³-hybridized carbons (Fsp3) is 0.375. The van der Waals surface area contributed by atoms with Crippen molar-refractivity contribution in [1.29, 1.82) is 0 Å². The highest BCUT2D eigenvalue weighted by atomic mass is 32.2. The summed E-state index contributed by atoms with van der Waals surface area (Å²) < 4.78 is 23.0. The summed E-state index contributed by atoms with van der Waals surface area (Å²) in [6.07, 6.45) is 0.686. The molecule has 0 unspecified atom stereocenters. The monoisotopic (exact) mass is 333 g/mol. The van der Waals surface area contributed by atoms with Crippen LogP contribution >= 0.6 is 0 Å². The number of benzene rings is 1. The SMILES string of the molecule is Cc1cc(NC[C@@H]2CCS(=O)(=O)C2)nc(-c2ccccc2O)n1. The van der Waals surface area contributed by atoms with E-state index in [1.165, 1.54) is 0 Å². The van der Waals surface area contributed by atoms with E-state index >= 15 is 0 Å². The number of nitrogens with zero attached hydrogens (tertiary/aromatic N) is 2. The minimum absolute atomic E-state index is 0.115. The van der Waals surface area contributed by atoms with Crippen LogP contribution in [0, 0.1) is 12.8 Å². The van der Waals surface area contributed by atoms with Crippen LogP contribution < -0.4 is 5.32 Å². The maximum atomic E-state index is 11.5. The molecule has 0 amide bonds. The van der Waals surface area contributed by atoms with E-state index in [1.54, 1.807) is 18.2 Å². The normalized spacial score (nSPS) is 19.6. The van der Waals surface area contributed by atoms with Gasteiger partial charge >= 0.3 is 0 Å². The molecule has 0 bridgehead atoms. The largest absolute Gasteiger partial charge is 0.507 e. The summed E-state index contributed by atoms with van der Waals surface area (Å²) in [5.74, 6) is 1.83. The van der Waals surface area contributed by atoms with E-state index in [1.807, 2.05) is 19.1 Å². The average molecular weight is 333 g/mol. The zero-order chi connectivity index (χ0) is 16.4. The number of nitrogens with one attached hydrogen (secondary N) is 1. The van der Waals surface area contributed by atoms with Gasteiger partial charge in [0.05, 0.1) is 17.1 Å². The molecule has 23 heavy (non-hydrogen) atoms. The van der Waals surface area contributed by atoms with Crippen molar-refractivity contribution in [2.75, 3.05) is 23.4 Å². The second kappa shape index (κ2) is 6.16. The maximum Gasteiger partial charge on any atom is 0.165 e. The number of phenolic OH excluding ortho intramolecular Hbond substituents is 1. The number of para-hydroxylation sites is 1. The summed E-state index contributed by atoms with van der Waals surface area (Å²) in [6.45, 7) is 2.42. The average Bonchev–Trinajstić information content (AvgIpc) is 2.84. The molecule has 1 aromatic heterocycles. The first-order valence-electron chi connectivity index (χ1n) is 7.51. The summed E-state index contributed by atoms with van der Waals surface area (Å²) in [6, 6.07) is 8.73. The van der Waals surface area contributed by atoms with E-state index in [9.17, 15) is 13.5 Å². The fourth-order valence-electron chi connectivity index (χ4n) is 2.72. The van der Waals surface area contributed by atoms with Gasteiger partial charge in [-0.1, -0.05) is 12.1 Å². The molecule has 7 heteroatoms. The van der Waals surface area contributed by atoms with Gasteiger partial charge < -0.3 is 10.4 Å². The lowest BCUT2D eigenvalue weighted by Crippen LogP contribution is -2.16. The topological polar surface area (TPSA) is 92.2 Å². The lowest BCUT2D eigenvalue weighted by atomic mass is 10.1. The Bertz CT molecular complexity index is 821. The highest BCUT2D eigenvalue weighted by molar-refractivity contribution is 7.91. The number of hydrogen-bond acceptors (Lipinski definition) is 6. The molecule has 2 aromatic rings. The minimum Gasteiger partial charge on any atom is -0.507 e. The Morgan fingerprint density at radius 3 is 2.78 bits per heavy atom. The van der Waals surface area contributed by atoms with Crippen molar-refractivity contribution in [3.63, 3.8) is 0 Å². The first-order chi connectivity index (χ1) is 10.9. The van der Waals surface area contributed by atoms with Gasteiger partial charge in [0.2, 0.25) is 0 Å². The lowest BCUT2D eigenvalue weighted by Gasteiger charge is -2.12. The molecular formula is C16H19N3O3S. The molecule has 2 heterocycles. The van der Waals surface area contributed by atoms with E-state index in [4.69, 9.17) is 0 Å². The molecule has 1 aliphatic heterocycles. The molecule has 1 fully saturated rings. The van der Waals surface area contributed by atoms with Gasteiger partial charge in [0.25, 0.3) is 0 Å². The fourth-order valence-corrected chi connectivity index (χ4v) is 4.59. The van der Waals surface area contributed by atoms with E-state index in [0.29, 0.717) is 30.2 Å². The molecule has 0 spiro atoms. The molecule has 6 nitrogen and oxygen atoms in total. The number of rotatable bonds is 4. The van der Waals surface area contributed by atoms with Crippen LogP contribution in [0.3, 0.4) is 0 Å². The number of sulfone groups is 1. The van der Waals surface area contributed by atoms with Crippen LogP contribution in [-0.2, 0) is 9.84 Å². The van der Waals surface area contributed by atoms with Crippen molar-refractivity contribution in [3.8, 4) is 17.1 Å². The van der Waals surface area contributed by atoms with E-state index in [-0.39, 0.29) is 23.2 Å². The lowest BCUT2D eigenvalue weighted by molar-refractivity contribution is 0.477. The summed E-state index contributed by atoms with van der Waals surface area (Å²) in [7, 11) is -2.87. The van der Waals surface area contributed by atoms with Gasteiger partial charge in [-0.25, -0.2) is 18.4 Å². The molecule has 0 saturated carbocycles. The van der Waals surface area contributed by atoms with Gasteiger partial charge in [-0.2, -0.15) is 0 Å². The number of aryl methyl sites for hydroxylation is 1. The van der Waals surface area contributed by atoms with Gasteiger partial charge in [-0.15, -0.1) is 0 Å².